The van der Waals surface area contributed by atoms with Crippen LogP contribution in [0.4, 0.5) is 0 Å². The second kappa shape index (κ2) is 18.9. The molecule has 0 aliphatic carbocycles. The van der Waals surface area contributed by atoms with Gasteiger partial charge in [-0.25, -0.2) is 13.3 Å². The van der Waals surface area contributed by atoms with Gasteiger partial charge in [-0.3, -0.25) is 4.79 Å². The fraction of sp³-hybridized carbons (Fsp3) is 0.611. The molecule has 0 spiro atoms. The molecule has 0 fully saturated rings. The van der Waals surface area contributed by atoms with Gasteiger partial charge in [0.2, 0.25) is 10.4 Å². The summed E-state index contributed by atoms with van der Waals surface area (Å²) in [6.45, 7) is 5.65. The Hall–Kier alpha value is -0.640. The molecule has 0 saturated heterocycles. The molecule has 0 aromatic heterocycles. The van der Waals surface area contributed by atoms with Crippen LogP contribution in [-0.4, -0.2) is 84.8 Å². The van der Waals surface area contributed by atoms with Crippen LogP contribution in [0.5, 0.6) is 0 Å². The zero-order valence-corrected chi connectivity index (χ0v) is 20.8. The van der Waals surface area contributed by atoms with Crippen LogP contribution in [0.1, 0.15) is 15.9 Å². The van der Waals surface area contributed by atoms with Crippen molar-refractivity contribution in [2.24, 2.45) is 0 Å². The number of benzene rings is 1. The smallest absolute Gasteiger partial charge is 0.724 e. The van der Waals surface area contributed by atoms with Gasteiger partial charge in [0, 0.05) is 25.2 Å². The predicted molar refractivity (Wildman–Crippen MR) is 106 cm³/mol. The summed E-state index contributed by atoms with van der Waals surface area (Å²) in [5, 5.41) is 6.01. The minimum Gasteiger partial charge on any atom is -0.724 e. The number of hydrogen-bond acceptors (Lipinski definition) is 10. The largest absolute Gasteiger partial charge is 1.00 e. The Morgan fingerprint density at radius 3 is 2.00 bits per heavy atom. The van der Waals surface area contributed by atoms with E-state index in [0.717, 1.165) is 5.56 Å². The zero-order valence-electron chi connectivity index (χ0n) is 18.0. The van der Waals surface area contributed by atoms with E-state index in [4.69, 9.17) is 14.2 Å². The number of amides is 1. The summed E-state index contributed by atoms with van der Waals surface area (Å²) in [6.07, 6.45) is 0. The molecule has 0 saturated carbocycles. The summed E-state index contributed by atoms with van der Waals surface area (Å²) in [5.41, 5.74) is 1.76. The molecule has 11 nitrogen and oxygen atoms in total. The zero-order chi connectivity index (χ0) is 22.1. The third-order valence-electron chi connectivity index (χ3n) is 3.51. The van der Waals surface area contributed by atoms with Crippen LogP contribution in [0.3, 0.4) is 0 Å². The topological polar surface area (TPSA) is 144 Å². The van der Waals surface area contributed by atoms with E-state index in [9.17, 15) is 17.8 Å². The van der Waals surface area contributed by atoms with Gasteiger partial charge in [0.25, 0.3) is 5.91 Å². The molecule has 0 aliphatic heterocycles. The molecule has 2 N–H and O–H groups in total. The average molecular weight is 472 g/mol. The molecule has 0 radical (unpaired) electrons. The van der Waals surface area contributed by atoms with Gasteiger partial charge in [-0.1, -0.05) is 17.7 Å². The van der Waals surface area contributed by atoms with Crippen LogP contribution in [0.15, 0.2) is 24.3 Å². The Balaban J connectivity index is 0.00000900. The molecule has 0 unspecified atom stereocenters. The van der Waals surface area contributed by atoms with Crippen molar-refractivity contribution < 1.29 is 70.8 Å². The molecule has 0 atom stereocenters. The molecule has 1 amide bonds. The predicted octanol–water partition coefficient (Wildman–Crippen LogP) is -3.22. The molecule has 172 valence electrons. The Bertz CT molecular complexity index is 690. The van der Waals surface area contributed by atoms with Gasteiger partial charge >= 0.3 is 29.6 Å². The van der Waals surface area contributed by atoms with Crippen molar-refractivity contribution in [1.82, 2.24) is 10.6 Å². The van der Waals surface area contributed by atoms with Crippen molar-refractivity contribution in [2.45, 2.75) is 6.92 Å². The number of carbonyl (C=O) groups is 1. The SMILES string of the molecule is Cc1ccc(C(=O)NCCNCCOCCOCCOCCOOS(=O)(=O)[O-])cc1.[Na+]. The van der Waals surface area contributed by atoms with Crippen molar-refractivity contribution in [3.8, 4) is 0 Å². The van der Waals surface area contributed by atoms with Crippen molar-refractivity contribution >= 4 is 16.3 Å². The Labute approximate surface area is 205 Å². The molecular formula is C18H29N2NaO9S. The third kappa shape index (κ3) is 18.6. The minimum atomic E-state index is -4.85. The summed E-state index contributed by atoms with van der Waals surface area (Å²) >= 11 is 0. The third-order valence-corrected chi connectivity index (χ3v) is 3.77. The van der Waals surface area contributed by atoms with E-state index in [1.54, 1.807) is 12.1 Å². The van der Waals surface area contributed by atoms with Gasteiger partial charge in [0.1, 0.15) is 6.61 Å². The van der Waals surface area contributed by atoms with Crippen molar-refractivity contribution in [1.29, 1.82) is 0 Å². The first-order chi connectivity index (χ1) is 14.4. The van der Waals surface area contributed by atoms with Gasteiger partial charge in [0.15, 0.2) is 0 Å². The second-order valence-corrected chi connectivity index (χ2v) is 6.96. The number of ether oxygens (including phenoxy) is 3. The van der Waals surface area contributed by atoms with E-state index < -0.39 is 10.4 Å². The summed E-state index contributed by atoms with van der Waals surface area (Å²) in [6, 6.07) is 7.41. The Morgan fingerprint density at radius 1 is 0.871 bits per heavy atom. The summed E-state index contributed by atoms with van der Waals surface area (Å²) in [7, 11) is -4.85. The van der Waals surface area contributed by atoms with Crippen LogP contribution < -0.4 is 40.2 Å². The number of rotatable bonds is 18. The van der Waals surface area contributed by atoms with E-state index in [2.05, 4.69) is 19.9 Å². The summed E-state index contributed by atoms with van der Waals surface area (Å²) < 4.78 is 49.5. The van der Waals surface area contributed by atoms with Crippen molar-refractivity contribution in [2.75, 3.05) is 65.9 Å². The van der Waals surface area contributed by atoms with Crippen LogP contribution in [0, 0.1) is 6.92 Å². The Morgan fingerprint density at radius 2 is 1.42 bits per heavy atom. The van der Waals surface area contributed by atoms with Gasteiger partial charge in [-0.05, 0) is 19.1 Å². The molecule has 0 aliphatic rings. The molecule has 0 bridgehead atoms. The maximum atomic E-state index is 11.9. The molecule has 1 aromatic carbocycles. The fourth-order valence-corrected chi connectivity index (χ4v) is 2.25. The summed E-state index contributed by atoms with van der Waals surface area (Å²) in [4.78, 5) is 16.0. The first-order valence-electron chi connectivity index (χ1n) is 9.44. The quantitative estimate of drug-likeness (QED) is 0.0559. The summed E-state index contributed by atoms with van der Waals surface area (Å²) in [5.74, 6) is -0.0922. The van der Waals surface area contributed by atoms with E-state index in [0.29, 0.717) is 51.6 Å². The Kier molecular flexibility index (Phi) is 18.5. The first kappa shape index (κ1) is 30.4. The van der Waals surface area contributed by atoms with Crippen LogP contribution in [-0.2, 0) is 33.8 Å². The number of carbonyl (C=O) groups excluding carboxylic acids is 1. The van der Waals surface area contributed by atoms with Crippen LogP contribution in [0.25, 0.3) is 0 Å². The molecule has 1 rings (SSSR count). The average Bonchev–Trinajstić information content (AvgIpc) is 2.69. The van der Waals surface area contributed by atoms with E-state index in [1.807, 2.05) is 19.1 Å². The van der Waals surface area contributed by atoms with E-state index in [-0.39, 0.29) is 55.3 Å². The van der Waals surface area contributed by atoms with Gasteiger partial charge < -0.3 is 29.4 Å². The number of nitrogens with one attached hydrogen (secondary N) is 2. The maximum Gasteiger partial charge on any atom is 1.00 e. The maximum absolute atomic E-state index is 11.9. The normalized spacial score (nSPS) is 11.2. The van der Waals surface area contributed by atoms with Gasteiger partial charge in [0.05, 0.1) is 39.6 Å². The minimum absolute atomic E-state index is 0. The first-order valence-corrected chi connectivity index (χ1v) is 10.8. The van der Waals surface area contributed by atoms with Crippen LogP contribution >= 0.6 is 0 Å². The fourth-order valence-electron chi connectivity index (χ4n) is 2.07. The standard InChI is InChI=1S/C18H30N2O9S.Na/c1-16-2-4-17(5-3-16)18(21)20-7-6-19-8-9-25-10-11-26-12-13-27-14-15-28-29-30(22,23)24;/h2-5,19H,6-15H2,1H3,(H,20,21)(H,22,23,24);/q;+1/p-1. The molecular weight excluding hydrogens is 443 g/mol. The monoisotopic (exact) mass is 472 g/mol. The molecule has 13 heteroatoms. The molecule has 1 aromatic rings. The van der Waals surface area contributed by atoms with Crippen molar-refractivity contribution in [3.63, 3.8) is 0 Å². The van der Waals surface area contributed by atoms with E-state index >= 15 is 0 Å². The molecule has 31 heavy (non-hydrogen) atoms. The van der Waals surface area contributed by atoms with Crippen LogP contribution in [0.2, 0.25) is 0 Å². The number of aryl methyl sites for hydroxylation is 1. The van der Waals surface area contributed by atoms with Gasteiger partial charge in [-0.2, -0.15) is 0 Å². The van der Waals surface area contributed by atoms with Gasteiger partial charge in [-0.15, -0.1) is 4.33 Å². The second-order valence-electron chi connectivity index (χ2n) is 6.01. The molecule has 0 heterocycles. The van der Waals surface area contributed by atoms with Crippen molar-refractivity contribution in [3.05, 3.63) is 35.4 Å². The van der Waals surface area contributed by atoms with E-state index in [1.165, 1.54) is 0 Å². The number of hydrogen-bond donors (Lipinski definition) is 2.